The van der Waals surface area contributed by atoms with Crippen LogP contribution in [0.25, 0.3) is 10.9 Å². The van der Waals surface area contributed by atoms with Crippen molar-refractivity contribution in [1.82, 2.24) is 4.98 Å². The molecule has 1 aromatic carbocycles. The second-order valence-electron chi connectivity index (χ2n) is 3.01. The van der Waals surface area contributed by atoms with Crippen LogP contribution in [0.1, 0.15) is 0 Å². The first-order valence-corrected chi connectivity index (χ1v) is 4.52. The fourth-order valence-corrected chi connectivity index (χ4v) is 1.52. The SMILES string of the molecule is O=c1[nH]c2c(Cl)cccc2c(=O)cc1O. The molecule has 0 aliphatic carbocycles. The molecule has 0 bridgehead atoms. The Bertz CT molecular complexity index is 648. The summed E-state index contributed by atoms with van der Waals surface area (Å²) in [5, 5.41) is 9.70. The average molecular weight is 224 g/mol. The monoisotopic (exact) mass is 223 g/mol. The zero-order valence-corrected chi connectivity index (χ0v) is 8.21. The first kappa shape index (κ1) is 9.73. The van der Waals surface area contributed by atoms with Crippen molar-refractivity contribution in [2.45, 2.75) is 0 Å². The third kappa shape index (κ3) is 1.59. The van der Waals surface area contributed by atoms with Crippen LogP contribution in [0.3, 0.4) is 0 Å². The van der Waals surface area contributed by atoms with Crippen molar-refractivity contribution in [2.24, 2.45) is 0 Å². The van der Waals surface area contributed by atoms with Gasteiger partial charge < -0.3 is 10.1 Å². The van der Waals surface area contributed by atoms with Crippen molar-refractivity contribution >= 4 is 22.5 Å². The van der Waals surface area contributed by atoms with Gasteiger partial charge in [0.2, 0.25) is 0 Å². The highest BCUT2D eigenvalue weighted by molar-refractivity contribution is 6.34. The summed E-state index contributed by atoms with van der Waals surface area (Å²) in [4.78, 5) is 25.1. The van der Waals surface area contributed by atoms with E-state index in [1.807, 2.05) is 0 Å². The maximum atomic E-state index is 11.5. The summed E-state index contributed by atoms with van der Waals surface area (Å²) in [6, 6.07) is 5.55. The molecule has 0 spiro atoms. The molecule has 0 saturated heterocycles. The lowest BCUT2D eigenvalue weighted by molar-refractivity contribution is 0.468. The Labute approximate surface area is 88.8 Å². The molecule has 0 aliphatic rings. The summed E-state index contributed by atoms with van der Waals surface area (Å²) in [6.07, 6.45) is 0. The molecule has 5 heteroatoms. The van der Waals surface area contributed by atoms with Crippen LogP contribution in [0, 0.1) is 0 Å². The maximum Gasteiger partial charge on any atom is 0.290 e. The first-order chi connectivity index (χ1) is 7.09. The van der Waals surface area contributed by atoms with Gasteiger partial charge in [-0.05, 0) is 12.1 Å². The summed E-state index contributed by atoms with van der Waals surface area (Å²) >= 11 is 5.82. The first-order valence-electron chi connectivity index (χ1n) is 4.14. The van der Waals surface area contributed by atoms with Gasteiger partial charge in [-0.15, -0.1) is 0 Å². The van der Waals surface area contributed by atoms with Gasteiger partial charge in [-0.1, -0.05) is 17.7 Å². The third-order valence-corrected chi connectivity index (χ3v) is 2.33. The van der Waals surface area contributed by atoms with Crippen molar-refractivity contribution in [3.8, 4) is 5.75 Å². The van der Waals surface area contributed by atoms with Crippen molar-refractivity contribution in [2.75, 3.05) is 0 Å². The molecule has 0 atom stereocenters. The Balaban J connectivity index is 3.17. The van der Waals surface area contributed by atoms with Crippen LogP contribution in [-0.4, -0.2) is 10.1 Å². The predicted molar refractivity (Wildman–Crippen MR) is 57.5 cm³/mol. The molecule has 0 aliphatic heterocycles. The van der Waals surface area contributed by atoms with Gasteiger partial charge in [-0.2, -0.15) is 0 Å². The lowest BCUT2D eigenvalue weighted by Crippen LogP contribution is -2.00. The van der Waals surface area contributed by atoms with E-state index in [1.54, 1.807) is 12.1 Å². The van der Waals surface area contributed by atoms with Crippen LogP contribution in [0.15, 0.2) is 33.9 Å². The van der Waals surface area contributed by atoms with Gasteiger partial charge in [0.25, 0.3) is 5.56 Å². The van der Waals surface area contributed by atoms with Crippen LogP contribution in [0.2, 0.25) is 5.02 Å². The van der Waals surface area contributed by atoms with Gasteiger partial charge in [-0.25, -0.2) is 0 Å². The Morgan fingerprint density at radius 3 is 2.73 bits per heavy atom. The second kappa shape index (κ2) is 3.40. The average Bonchev–Trinajstić information content (AvgIpc) is 2.29. The fraction of sp³-hybridized carbons (Fsp3) is 0. The molecule has 0 amide bonds. The molecule has 4 nitrogen and oxygen atoms in total. The Morgan fingerprint density at radius 2 is 2.00 bits per heavy atom. The zero-order valence-electron chi connectivity index (χ0n) is 7.45. The molecule has 15 heavy (non-hydrogen) atoms. The van der Waals surface area contributed by atoms with Gasteiger partial charge in [0.05, 0.1) is 10.5 Å². The number of halogens is 1. The van der Waals surface area contributed by atoms with Gasteiger partial charge in [0, 0.05) is 11.5 Å². The molecule has 0 fully saturated rings. The standard InChI is InChI=1S/C10H6ClNO3/c11-6-3-1-2-5-7(13)4-8(14)10(15)12-9(5)6/h1-4,14H,(H,12,15). The minimum absolute atomic E-state index is 0.231. The highest BCUT2D eigenvalue weighted by Crippen LogP contribution is 2.17. The number of benzene rings is 1. The Hall–Kier alpha value is -1.81. The summed E-state index contributed by atoms with van der Waals surface area (Å²) in [5.74, 6) is -0.618. The molecule has 1 heterocycles. The van der Waals surface area contributed by atoms with Crippen molar-refractivity contribution < 1.29 is 5.11 Å². The van der Waals surface area contributed by atoms with Crippen LogP contribution in [-0.2, 0) is 0 Å². The van der Waals surface area contributed by atoms with Gasteiger partial charge >= 0.3 is 0 Å². The predicted octanol–water partition coefficient (Wildman–Crippen LogP) is 1.25. The third-order valence-electron chi connectivity index (χ3n) is 2.02. The smallest absolute Gasteiger partial charge is 0.290 e. The second-order valence-corrected chi connectivity index (χ2v) is 3.42. The molecule has 0 saturated carbocycles. The maximum absolute atomic E-state index is 11.5. The largest absolute Gasteiger partial charge is 0.503 e. The van der Waals surface area contributed by atoms with E-state index in [2.05, 4.69) is 4.98 Å². The quantitative estimate of drug-likeness (QED) is 0.706. The number of nitrogens with one attached hydrogen (secondary N) is 1. The highest BCUT2D eigenvalue weighted by atomic mass is 35.5. The van der Waals surface area contributed by atoms with Gasteiger partial charge in [0.1, 0.15) is 0 Å². The number of aromatic amines is 1. The summed E-state index contributed by atoms with van der Waals surface area (Å²) < 4.78 is 0. The topological polar surface area (TPSA) is 70.2 Å². The van der Waals surface area contributed by atoms with E-state index in [0.29, 0.717) is 0 Å². The molecule has 76 valence electrons. The lowest BCUT2D eigenvalue weighted by Gasteiger charge is -1.92. The number of aromatic nitrogens is 1. The molecule has 2 aromatic rings. The van der Waals surface area contributed by atoms with E-state index in [9.17, 15) is 14.7 Å². The van der Waals surface area contributed by atoms with Crippen LogP contribution >= 0.6 is 11.6 Å². The molecule has 2 N–H and O–H groups in total. The summed E-state index contributed by atoms with van der Waals surface area (Å²) in [6.45, 7) is 0. The number of hydrogen-bond donors (Lipinski definition) is 2. The highest BCUT2D eigenvalue weighted by Gasteiger charge is 2.04. The Morgan fingerprint density at radius 1 is 1.27 bits per heavy atom. The number of H-pyrrole nitrogens is 1. The number of aromatic hydroxyl groups is 1. The van der Waals surface area contributed by atoms with Crippen LogP contribution in [0.5, 0.6) is 5.75 Å². The summed E-state index contributed by atoms with van der Waals surface area (Å²) in [5.41, 5.74) is -0.965. The number of fused-ring (bicyclic) bond motifs is 1. The molecule has 2 rings (SSSR count). The Kier molecular flexibility index (Phi) is 2.21. The normalized spacial score (nSPS) is 10.5. The molecule has 0 unspecified atom stereocenters. The number of rotatable bonds is 0. The van der Waals surface area contributed by atoms with E-state index >= 15 is 0 Å². The fourth-order valence-electron chi connectivity index (χ4n) is 1.30. The van der Waals surface area contributed by atoms with E-state index in [1.165, 1.54) is 6.07 Å². The van der Waals surface area contributed by atoms with Crippen LogP contribution in [0.4, 0.5) is 0 Å². The molecular formula is C10H6ClNO3. The lowest BCUT2D eigenvalue weighted by atomic mass is 10.2. The van der Waals surface area contributed by atoms with E-state index in [-0.39, 0.29) is 15.9 Å². The van der Waals surface area contributed by atoms with E-state index < -0.39 is 16.7 Å². The zero-order chi connectivity index (χ0) is 11.0. The molecule has 1 aromatic heterocycles. The van der Waals surface area contributed by atoms with E-state index in [4.69, 9.17) is 11.6 Å². The van der Waals surface area contributed by atoms with Gasteiger partial charge in [0.15, 0.2) is 11.2 Å². The summed E-state index contributed by atoms with van der Waals surface area (Å²) in [7, 11) is 0. The van der Waals surface area contributed by atoms with E-state index in [0.717, 1.165) is 6.07 Å². The number of hydrogen-bond acceptors (Lipinski definition) is 3. The van der Waals surface area contributed by atoms with Crippen LogP contribution < -0.4 is 11.0 Å². The number of para-hydroxylation sites is 1. The molecular weight excluding hydrogens is 218 g/mol. The molecule has 0 radical (unpaired) electrons. The minimum atomic E-state index is -0.741. The van der Waals surface area contributed by atoms with Crippen molar-refractivity contribution in [3.63, 3.8) is 0 Å². The minimum Gasteiger partial charge on any atom is -0.503 e. The van der Waals surface area contributed by atoms with Gasteiger partial charge in [-0.3, -0.25) is 9.59 Å². The van der Waals surface area contributed by atoms with Crippen molar-refractivity contribution in [1.29, 1.82) is 0 Å². The van der Waals surface area contributed by atoms with Crippen molar-refractivity contribution in [3.05, 3.63) is 49.9 Å².